The van der Waals surface area contributed by atoms with Gasteiger partial charge in [-0.3, -0.25) is 0 Å². The number of aromatic nitrogens is 1. The molecule has 1 atom stereocenters. The first-order chi connectivity index (χ1) is 15.3. The van der Waals surface area contributed by atoms with E-state index in [1.54, 1.807) is 6.20 Å². The second-order valence-electron chi connectivity index (χ2n) is 7.43. The van der Waals surface area contributed by atoms with E-state index in [1.807, 2.05) is 42.5 Å². The molecule has 7 nitrogen and oxygen atoms in total. The van der Waals surface area contributed by atoms with Gasteiger partial charge in [0.1, 0.15) is 6.61 Å². The number of benzene rings is 1. The Morgan fingerprint density at radius 2 is 2.06 bits per heavy atom. The molecule has 0 bridgehead atoms. The summed E-state index contributed by atoms with van der Waals surface area (Å²) in [6.45, 7) is 6.90. The summed E-state index contributed by atoms with van der Waals surface area (Å²) in [5.74, 6) is 1.40. The molecule has 1 aromatic carbocycles. The van der Waals surface area contributed by atoms with Gasteiger partial charge in [-0.15, -0.1) is 24.0 Å². The standard InChI is InChI=1S/C24H34N4O3.HI/c1-2-25-24(27-14-8-15-29-19-22-12-7-16-30-22)28-17-21-11-6-13-26-23(21)31-18-20-9-4-3-5-10-20;/h3-6,9-11,13,22H,2,7-8,12,14-19H2,1H3,(H2,25,27,28);1H. The van der Waals surface area contributed by atoms with E-state index in [1.165, 1.54) is 0 Å². The number of ether oxygens (including phenoxy) is 3. The van der Waals surface area contributed by atoms with Crippen LogP contribution in [0.2, 0.25) is 0 Å². The van der Waals surface area contributed by atoms with Gasteiger partial charge in [0.25, 0.3) is 0 Å². The molecule has 0 amide bonds. The fraction of sp³-hybridized carbons (Fsp3) is 0.500. The molecule has 3 rings (SSSR count). The lowest BCUT2D eigenvalue weighted by molar-refractivity contribution is 0.0168. The van der Waals surface area contributed by atoms with E-state index < -0.39 is 0 Å². The van der Waals surface area contributed by atoms with Gasteiger partial charge in [-0.05, 0) is 37.8 Å². The van der Waals surface area contributed by atoms with Crippen LogP contribution in [0.5, 0.6) is 5.88 Å². The zero-order valence-electron chi connectivity index (χ0n) is 18.8. The Hall–Kier alpha value is -1.91. The van der Waals surface area contributed by atoms with Crippen LogP contribution in [0.15, 0.2) is 53.7 Å². The van der Waals surface area contributed by atoms with Gasteiger partial charge in [0.2, 0.25) is 5.88 Å². The third-order valence-electron chi connectivity index (χ3n) is 4.91. The Labute approximate surface area is 208 Å². The van der Waals surface area contributed by atoms with Crippen LogP contribution in [-0.2, 0) is 22.6 Å². The minimum Gasteiger partial charge on any atom is -0.473 e. The highest BCUT2D eigenvalue weighted by atomic mass is 127. The molecule has 1 saturated heterocycles. The summed E-state index contributed by atoms with van der Waals surface area (Å²) < 4.78 is 17.2. The lowest BCUT2D eigenvalue weighted by atomic mass is 10.2. The van der Waals surface area contributed by atoms with Crippen molar-refractivity contribution in [1.29, 1.82) is 0 Å². The number of rotatable bonds is 12. The SMILES string of the molecule is CCNC(=NCc1cccnc1OCc1ccccc1)NCCCOCC1CCCO1.I. The third kappa shape index (κ3) is 9.70. The Kier molecular flexibility index (Phi) is 13.0. The van der Waals surface area contributed by atoms with E-state index in [4.69, 9.17) is 19.2 Å². The largest absolute Gasteiger partial charge is 0.473 e. The second kappa shape index (κ2) is 15.8. The molecule has 8 heteroatoms. The van der Waals surface area contributed by atoms with Gasteiger partial charge in [0, 0.05) is 38.1 Å². The van der Waals surface area contributed by atoms with Gasteiger partial charge >= 0.3 is 0 Å². The summed E-state index contributed by atoms with van der Waals surface area (Å²) in [6, 6.07) is 14.0. The van der Waals surface area contributed by atoms with E-state index in [0.717, 1.165) is 56.0 Å². The predicted octanol–water partition coefficient (Wildman–Crippen LogP) is 3.92. The number of guanidine groups is 1. The van der Waals surface area contributed by atoms with Crippen molar-refractivity contribution < 1.29 is 14.2 Å². The fourth-order valence-corrected chi connectivity index (χ4v) is 3.28. The molecule has 176 valence electrons. The maximum Gasteiger partial charge on any atom is 0.218 e. The van der Waals surface area contributed by atoms with Crippen molar-refractivity contribution in [3.05, 3.63) is 59.8 Å². The van der Waals surface area contributed by atoms with Crippen molar-refractivity contribution in [3.8, 4) is 5.88 Å². The van der Waals surface area contributed by atoms with Crippen molar-refractivity contribution in [2.24, 2.45) is 4.99 Å². The average molecular weight is 554 g/mol. The molecule has 2 aromatic rings. The molecule has 2 N–H and O–H groups in total. The Bertz CT molecular complexity index is 786. The van der Waals surface area contributed by atoms with Crippen molar-refractivity contribution in [2.75, 3.05) is 32.9 Å². The van der Waals surface area contributed by atoms with Gasteiger partial charge in [-0.1, -0.05) is 36.4 Å². The molecule has 2 heterocycles. The first-order valence-electron chi connectivity index (χ1n) is 11.2. The fourth-order valence-electron chi connectivity index (χ4n) is 3.28. The summed E-state index contributed by atoms with van der Waals surface area (Å²) in [7, 11) is 0. The van der Waals surface area contributed by atoms with Gasteiger partial charge in [0.05, 0.1) is 19.3 Å². The highest BCUT2D eigenvalue weighted by molar-refractivity contribution is 14.0. The molecule has 1 aromatic heterocycles. The number of pyridine rings is 1. The van der Waals surface area contributed by atoms with Crippen molar-refractivity contribution in [2.45, 2.75) is 45.4 Å². The van der Waals surface area contributed by atoms with E-state index >= 15 is 0 Å². The van der Waals surface area contributed by atoms with Crippen molar-refractivity contribution in [3.63, 3.8) is 0 Å². The van der Waals surface area contributed by atoms with Gasteiger partial charge in [-0.25, -0.2) is 9.98 Å². The first kappa shape index (κ1) is 26.3. The summed E-state index contributed by atoms with van der Waals surface area (Å²) >= 11 is 0. The quantitative estimate of drug-likeness (QED) is 0.179. The molecule has 1 unspecified atom stereocenters. The number of nitrogens with one attached hydrogen (secondary N) is 2. The van der Waals surface area contributed by atoms with Crippen LogP contribution in [0, 0.1) is 0 Å². The van der Waals surface area contributed by atoms with E-state index in [-0.39, 0.29) is 30.1 Å². The lowest BCUT2D eigenvalue weighted by Crippen LogP contribution is -2.38. The molecular formula is C24H35IN4O3. The highest BCUT2D eigenvalue weighted by Crippen LogP contribution is 2.17. The summed E-state index contributed by atoms with van der Waals surface area (Å²) in [5, 5.41) is 6.65. The molecular weight excluding hydrogens is 519 g/mol. The van der Waals surface area contributed by atoms with Crippen LogP contribution < -0.4 is 15.4 Å². The van der Waals surface area contributed by atoms with Gasteiger partial charge in [-0.2, -0.15) is 0 Å². The molecule has 1 aliphatic rings. The highest BCUT2D eigenvalue weighted by Gasteiger charge is 2.14. The van der Waals surface area contributed by atoms with Gasteiger partial charge in [0.15, 0.2) is 5.96 Å². The minimum absolute atomic E-state index is 0. The predicted molar refractivity (Wildman–Crippen MR) is 138 cm³/mol. The number of aliphatic imine (C=N–C) groups is 1. The maximum absolute atomic E-state index is 5.94. The van der Waals surface area contributed by atoms with E-state index in [2.05, 4.69) is 22.5 Å². The monoisotopic (exact) mass is 554 g/mol. The minimum atomic E-state index is 0. The molecule has 0 spiro atoms. The number of nitrogens with zero attached hydrogens (tertiary/aromatic N) is 2. The number of halogens is 1. The lowest BCUT2D eigenvalue weighted by Gasteiger charge is -2.13. The summed E-state index contributed by atoms with van der Waals surface area (Å²) in [6.07, 6.45) is 5.20. The van der Waals surface area contributed by atoms with E-state index in [9.17, 15) is 0 Å². The van der Waals surface area contributed by atoms with Crippen LogP contribution in [-0.4, -0.2) is 50.0 Å². The molecule has 1 fully saturated rings. The summed E-state index contributed by atoms with van der Waals surface area (Å²) in [5.41, 5.74) is 2.06. The van der Waals surface area contributed by atoms with Crippen LogP contribution in [0.4, 0.5) is 0 Å². The maximum atomic E-state index is 5.94. The van der Waals surface area contributed by atoms with Crippen molar-refractivity contribution >= 4 is 29.9 Å². The molecule has 1 aliphatic heterocycles. The Morgan fingerprint density at radius 1 is 1.19 bits per heavy atom. The van der Waals surface area contributed by atoms with Crippen LogP contribution in [0.25, 0.3) is 0 Å². The number of hydrogen-bond acceptors (Lipinski definition) is 5. The topological polar surface area (TPSA) is 77.0 Å². The van der Waals surface area contributed by atoms with Crippen LogP contribution in [0.3, 0.4) is 0 Å². The molecule has 0 saturated carbocycles. The summed E-state index contributed by atoms with van der Waals surface area (Å²) in [4.78, 5) is 9.08. The van der Waals surface area contributed by atoms with E-state index in [0.29, 0.717) is 32.2 Å². The smallest absolute Gasteiger partial charge is 0.218 e. The van der Waals surface area contributed by atoms with Crippen LogP contribution in [0.1, 0.15) is 37.3 Å². The van der Waals surface area contributed by atoms with Crippen molar-refractivity contribution in [1.82, 2.24) is 15.6 Å². The Balaban J connectivity index is 0.00000363. The zero-order chi connectivity index (χ0) is 21.6. The molecule has 0 radical (unpaired) electrons. The first-order valence-corrected chi connectivity index (χ1v) is 11.2. The third-order valence-corrected chi connectivity index (χ3v) is 4.91. The molecule has 0 aliphatic carbocycles. The van der Waals surface area contributed by atoms with Crippen LogP contribution >= 0.6 is 24.0 Å². The van der Waals surface area contributed by atoms with Gasteiger partial charge < -0.3 is 24.8 Å². The Morgan fingerprint density at radius 3 is 2.84 bits per heavy atom. The molecule has 32 heavy (non-hydrogen) atoms. The number of hydrogen-bond donors (Lipinski definition) is 2. The second-order valence-corrected chi connectivity index (χ2v) is 7.43. The average Bonchev–Trinajstić information content (AvgIpc) is 3.33. The normalized spacial score (nSPS) is 15.8. The zero-order valence-corrected chi connectivity index (χ0v) is 21.1.